The average molecular weight is 1440 g/mol. The summed E-state index contributed by atoms with van der Waals surface area (Å²) in [5.41, 5.74) is 0. The first-order valence-electron chi connectivity index (χ1n) is 40.8. The number of aliphatic hydroxyl groups excluding tert-OH is 1. The monoisotopic (exact) mass is 1440 g/mol. The summed E-state index contributed by atoms with van der Waals surface area (Å²) in [6.45, 7) is 11.9. The maximum absolute atomic E-state index is 13.1. The smallest absolute Gasteiger partial charge is 0.462 e. The number of phosphoric ester groups is 2. The molecule has 0 spiro atoms. The SMILES string of the molecule is CCCCCCCCCCCCC(=O)OC[C@H](COP(=O)(O)OC[C@H](O)COP(=O)(O)OC[C@@H](COC(=O)CCCCCCCCCCCCCCCCCC(C)C)OC(=O)CCCCCCCCCCCCCCCCCC(C)C)OC(=O)CCCCCCCCCCCC(C)C. The lowest BCUT2D eigenvalue weighted by Crippen LogP contribution is -2.30. The Morgan fingerprint density at radius 2 is 0.469 bits per heavy atom. The van der Waals surface area contributed by atoms with Gasteiger partial charge >= 0.3 is 39.5 Å². The van der Waals surface area contributed by atoms with Gasteiger partial charge in [0, 0.05) is 25.7 Å². The third-order valence-electron chi connectivity index (χ3n) is 18.4. The zero-order valence-corrected chi connectivity index (χ0v) is 66.0. The lowest BCUT2D eigenvalue weighted by Gasteiger charge is -2.21. The Balaban J connectivity index is 5.23. The minimum absolute atomic E-state index is 0.105. The summed E-state index contributed by atoms with van der Waals surface area (Å²) in [5, 5.41) is 10.6. The summed E-state index contributed by atoms with van der Waals surface area (Å²) >= 11 is 0. The molecule has 0 rings (SSSR count). The van der Waals surface area contributed by atoms with Gasteiger partial charge in [0.1, 0.15) is 19.3 Å². The number of ether oxygens (including phenoxy) is 4. The van der Waals surface area contributed by atoms with E-state index in [1.807, 2.05) is 0 Å². The van der Waals surface area contributed by atoms with Crippen molar-refractivity contribution in [2.45, 2.75) is 426 Å². The quantitative estimate of drug-likeness (QED) is 0.0222. The van der Waals surface area contributed by atoms with Gasteiger partial charge in [0.2, 0.25) is 0 Å². The van der Waals surface area contributed by atoms with E-state index in [9.17, 15) is 43.2 Å². The molecule has 0 saturated heterocycles. The molecule has 0 aromatic heterocycles. The Labute approximate surface area is 600 Å². The molecule has 0 bridgehead atoms. The van der Waals surface area contributed by atoms with Crippen molar-refractivity contribution in [3.05, 3.63) is 0 Å². The van der Waals surface area contributed by atoms with Gasteiger partial charge in [-0.25, -0.2) is 9.13 Å². The molecule has 98 heavy (non-hydrogen) atoms. The number of unbranched alkanes of at least 4 members (excludes halogenated alkanes) is 45. The predicted molar refractivity (Wildman–Crippen MR) is 400 cm³/mol. The highest BCUT2D eigenvalue weighted by Gasteiger charge is 2.30. The van der Waals surface area contributed by atoms with Gasteiger partial charge in [-0.2, -0.15) is 0 Å². The normalized spacial score (nSPS) is 14.0. The highest BCUT2D eigenvalue weighted by molar-refractivity contribution is 7.47. The van der Waals surface area contributed by atoms with Gasteiger partial charge in [-0.15, -0.1) is 0 Å². The van der Waals surface area contributed by atoms with Crippen LogP contribution in [0.3, 0.4) is 0 Å². The summed E-state index contributed by atoms with van der Waals surface area (Å²) in [6.07, 6.45) is 56.9. The van der Waals surface area contributed by atoms with Gasteiger partial charge in [0.05, 0.1) is 26.4 Å². The molecule has 5 atom stereocenters. The molecule has 0 saturated carbocycles. The molecule has 17 nitrogen and oxygen atoms in total. The van der Waals surface area contributed by atoms with Crippen molar-refractivity contribution in [1.82, 2.24) is 0 Å². The summed E-state index contributed by atoms with van der Waals surface area (Å²) < 4.78 is 68.6. The molecule has 0 amide bonds. The second-order valence-electron chi connectivity index (χ2n) is 29.9. The minimum Gasteiger partial charge on any atom is -0.462 e. The van der Waals surface area contributed by atoms with Crippen molar-refractivity contribution in [3.63, 3.8) is 0 Å². The Morgan fingerprint density at radius 3 is 0.694 bits per heavy atom. The van der Waals surface area contributed by atoms with Crippen molar-refractivity contribution in [1.29, 1.82) is 0 Å². The van der Waals surface area contributed by atoms with E-state index in [1.165, 1.54) is 218 Å². The van der Waals surface area contributed by atoms with Crippen LogP contribution in [0.15, 0.2) is 0 Å². The molecule has 0 aromatic rings. The van der Waals surface area contributed by atoms with Crippen LogP contribution in [0.1, 0.15) is 408 Å². The second-order valence-corrected chi connectivity index (χ2v) is 32.8. The van der Waals surface area contributed by atoms with E-state index >= 15 is 0 Å². The van der Waals surface area contributed by atoms with E-state index in [4.69, 9.17) is 37.0 Å². The summed E-state index contributed by atoms with van der Waals surface area (Å²) in [6, 6.07) is 0. The van der Waals surface area contributed by atoms with Crippen molar-refractivity contribution in [2.75, 3.05) is 39.6 Å². The van der Waals surface area contributed by atoms with Crippen LogP contribution in [0, 0.1) is 17.8 Å². The number of aliphatic hydroxyl groups is 1. The lowest BCUT2D eigenvalue weighted by atomic mass is 10.0. The van der Waals surface area contributed by atoms with Crippen molar-refractivity contribution < 1.29 is 80.2 Å². The van der Waals surface area contributed by atoms with Crippen LogP contribution in [-0.4, -0.2) is 96.7 Å². The van der Waals surface area contributed by atoms with E-state index in [2.05, 4.69) is 48.5 Å². The molecule has 19 heteroatoms. The van der Waals surface area contributed by atoms with Crippen LogP contribution in [-0.2, 0) is 65.4 Å². The van der Waals surface area contributed by atoms with E-state index < -0.39 is 97.5 Å². The molecule has 0 aliphatic heterocycles. The molecule has 582 valence electrons. The topological polar surface area (TPSA) is 237 Å². The third kappa shape index (κ3) is 72.4. The van der Waals surface area contributed by atoms with Crippen LogP contribution >= 0.6 is 15.6 Å². The third-order valence-corrected chi connectivity index (χ3v) is 20.3. The molecule has 0 aromatic carbocycles. The van der Waals surface area contributed by atoms with Gasteiger partial charge in [-0.1, -0.05) is 357 Å². The van der Waals surface area contributed by atoms with Crippen LogP contribution in [0.25, 0.3) is 0 Å². The Morgan fingerprint density at radius 1 is 0.276 bits per heavy atom. The minimum atomic E-state index is -4.96. The molecule has 0 aliphatic carbocycles. The molecule has 0 aliphatic rings. The van der Waals surface area contributed by atoms with Crippen molar-refractivity contribution in [2.24, 2.45) is 17.8 Å². The lowest BCUT2D eigenvalue weighted by molar-refractivity contribution is -0.161. The second kappa shape index (κ2) is 69.4. The van der Waals surface area contributed by atoms with Crippen LogP contribution < -0.4 is 0 Å². The Hall–Kier alpha value is -1.94. The first-order chi connectivity index (χ1) is 47.2. The van der Waals surface area contributed by atoms with Crippen molar-refractivity contribution >= 4 is 39.5 Å². The van der Waals surface area contributed by atoms with Crippen molar-refractivity contribution in [3.8, 4) is 0 Å². The standard InChI is InChI=1S/C79H154O17P2/c1-8-9-10-11-12-13-32-39-46-53-60-76(81)89-66-75(96-79(84)63-56-49-42-35-28-31-38-45-52-59-72(6)7)69-94-98(87,88)92-65-73(80)64-91-97(85,86)93-68-74(95-78(83)62-55-48-41-34-27-23-19-15-17-21-25-30-37-44-51-58-71(4)5)67-90-77(82)61-54-47-40-33-26-22-18-14-16-20-24-29-36-43-50-57-70(2)3/h70-75,80H,8-69H2,1-7H3,(H,85,86)(H,87,88)/t73-,74-,75-/m1/s1. The fourth-order valence-corrected chi connectivity index (χ4v) is 13.7. The first-order valence-corrected chi connectivity index (χ1v) is 43.8. The number of esters is 4. The van der Waals surface area contributed by atoms with E-state index in [0.717, 1.165) is 108 Å². The molecular weight excluding hydrogens is 1280 g/mol. The summed E-state index contributed by atoms with van der Waals surface area (Å²) in [7, 11) is -9.92. The van der Waals surface area contributed by atoms with Gasteiger partial charge in [-0.3, -0.25) is 37.3 Å². The maximum atomic E-state index is 13.1. The number of carbonyl (C=O) groups is 4. The van der Waals surface area contributed by atoms with E-state index in [1.54, 1.807) is 0 Å². The number of hydrogen-bond acceptors (Lipinski definition) is 15. The van der Waals surface area contributed by atoms with Crippen LogP contribution in [0.2, 0.25) is 0 Å². The average Bonchev–Trinajstić information content (AvgIpc) is 0.985. The predicted octanol–water partition coefficient (Wildman–Crippen LogP) is 23.4. The summed E-state index contributed by atoms with van der Waals surface area (Å²) in [5.74, 6) is 0.232. The first kappa shape index (κ1) is 96.1. The Bertz CT molecular complexity index is 1900. The molecule has 0 heterocycles. The zero-order chi connectivity index (χ0) is 72.3. The molecule has 3 N–H and O–H groups in total. The van der Waals surface area contributed by atoms with Gasteiger partial charge in [0.25, 0.3) is 0 Å². The van der Waals surface area contributed by atoms with Gasteiger partial charge < -0.3 is 33.8 Å². The van der Waals surface area contributed by atoms with Gasteiger partial charge in [-0.05, 0) is 43.4 Å². The fourth-order valence-electron chi connectivity index (χ4n) is 12.1. The largest absolute Gasteiger partial charge is 0.472 e. The highest BCUT2D eigenvalue weighted by atomic mass is 31.2. The fraction of sp³-hybridized carbons (Fsp3) is 0.949. The summed E-state index contributed by atoms with van der Waals surface area (Å²) in [4.78, 5) is 72.9. The van der Waals surface area contributed by atoms with Crippen LogP contribution in [0.5, 0.6) is 0 Å². The molecular formula is C79H154O17P2. The number of rotatable bonds is 77. The number of phosphoric acid groups is 2. The molecule has 2 unspecified atom stereocenters. The molecule has 0 fully saturated rings. The number of carbonyl (C=O) groups excluding carboxylic acids is 4. The Kier molecular flexibility index (Phi) is 68.1. The zero-order valence-electron chi connectivity index (χ0n) is 64.3. The van der Waals surface area contributed by atoms with E-state index in [-0.39, 0.29) is 25.7 Å². The maximum Gasteiger partial charge on any atom is 0.472 e. The highest BCUT2D eigenvalue weighted by Crippen LogP contribution is 2.45. The number of hydrogen-bond donors (Lipinski definition) is 3. The molecule has 0 radical (unpaired) electrons. The van der Waals surface area contributed by atoms with E-state index in [0.29, 0.717) is 25.7 Å². The van der Waals surface area contributed by atoms with Gasteiger partial charge in [0.15, 0.2) is 12.2 Å². The van der Waals surface area contributed by atoms with Crippen LogP contribution in [0.4, 0.5) is 0 Å².